The van der Waals surface area contributed by atoms with Gasteiger partial charge in [-0.15, -0.1) is 0 Å². The largest absolute Gasteiger partial charge is 0.392 e. The molecule has 37 heavy (non-hydrogen) atoms. The molecular formula is C28H32ClN3O4S. The van der Waals surface area contributed by atoms with E-state index in [4.69, 9.17) is 16.3 Å². The summed E-state index contributed by atoms with van der Waals surface area (Å²) in [5.41, 5.74) is -0.0810. The average Bonchev–Trinajstić information content (AvgIpc) is 3.24. The van der Waals surface area contributed by atoms with Crippen molar-refractivity contribution in [1.29, 1.82) is 0 Å². The van der Waals surface area contributed by atoms with Crippen molar-refractivity contribution in [3.05, 3.63) is 77.3 Å². The molecule has 9 heteroatoms. The molecule has 3 aliphatic heterocycles. The molecule has 1 atom stereocenters. The molecule has 0 saturated carbocycles. The zero-order valence-electron chi connectivity index (χ0n) is 20.7. The number of nitrogens with zero attached hydrogens (tertiary/aromatic N) is 3. The summed E-state index contributed by atoms with van der Waals surface area (Å²) in [4.78, 5) is 4.84. The van der Waals surface area contributed by atoms with E-state index in [2.05, 4.69) is 34.1 Å². The van der Waals surface area contributed by atoms with Crippen molar-refractivity contribution >= 4 is 32.4 Å². The summed E-state index contributed by atoms with van der Waals surface area (Å²) < 4.78 is 35.5. The lowest BCUT2D eigenvalue weighted by atomic mass is 9.91. The van der Waals surface area contributed by atoms with Gasteiger partial charge in [-0.1, -0.05) is 54.1 Å². The SMILES string of the molecule is O=S(=O)(c1ccc2cc(Cl)ccc2c1)N1CCN2CC3(CCN(Cc4ccccc4)CC3)OC2(CO)C1. The molecule has 3 aromatic carbocycles. The standard InChI is InChI=1S/C28H32ClN3O4S/c29-25-8-6-24-17-26(9-7-23(24)16-25)37(34,35)32-15-14-31-19-27(36-28(31,20-32)21-33)10-12-30(13-11-27)18-22-4-2-1-3-5-22/h1-9,16-17,33H,10-15,18-21H2. The highest BCUT2D eigenvalue weighted by atomic mass is 35.5. The van der Waals surface area contributed by atoms with E-state index in [9.17, 15) is 13.5 Å². The summed E-state index contributed by atoms with van der Waals surface area (Å²) in [5, 5.41) is 12.8. The predicted octanol–water partition coefficient (Wildman–Crippen LogP) is 3.55. The summed E-state index contributed by atoms with van der Waals surface area (Å²) in [6, 6.07) is 21.0. The van der Waals surface area contributed by atoms with Crippen LogP contribution in [-0.4, -0.2) is 84.8 Å². The number of piperazine rings is 1. The maximum atomic E-state index is 13.7. The van der Waals surface area contributed by atoms with Crippen LogP contribution in [0.1, 0.15) is 18.4 Å². The molecule has 1 unspecified atom stereocenters. The monoisotopic (exact) mass is 541 g/mol. The number of rotatable bonds is 5. The van der Waals surface area contributed by atoms with Gasteiger partial charge in [0.05, 0.1) is 23.6 Å². The van der Waals surface area contributed by atoms with Gasteiger partial charge in [0, 0.05) is 44.3 Å². The molecular weight excluding hydrogens is 510 g/mol. The minimum absolute atomic E-state index is 0.111. The van der Waals surface area contributed by atoms with Crippen LogP contribution < -0.4 is 0 Å². The number of likely N-dealkylation sites (tertiary alicyclic amines) is 1. The number of piperidine rings is 1. The molecule has 3 aliphatic rings. The fraction of sp³-hybridized carbons (Fsp3) is 0.429. The lowest BCUT2D eigenvalue weighted by Gasteiger charge is -2.44. The third-order valence-corrected chi connectivity index (χ3v) is 10.3. The van der Waals surface area contributed by atoms with Crippen molar-refractivity contribution in [2.45, 2.75) is 35.6 Å². The molecule has 3 aromatic rings. The molecule has 0 bridgehead atoms. The zero-order valence-corrected chi connectivity index (χ0v) is 22.3. The highest BCUT2D eigenvalue weighted by Gasteiger charge is 2.58. The number of ether oxygens (including phenoxy) is 1. The van der Waals surface area contributed by atoms with E-state index in [1.807, 2.05) is 18.2 Å². The van der Waals surface area contributed by atoms with E-state index in [0.29, 0.717) is 18.1 Å². The molecule has 196 valence electrons. The van der Waals surface area contributed by atoms with Crippen LogP contribution in [0.4, 0.5) is 0 Å². The molecule has 6 rings (SSSR count). The van der Waals surface area contributed by atoms with Gasteiger partial charge < -0.3 is 9.84 Å². The van der Waals surface area contributed by atoms with Crippen LogP contribution in [0.15, 0.2) is 71.6 Å². The maximum absolute atomic E-state index is 13.7. The Morgan fingerprint density at radius 3 is 2.38 bits per heavy atom. The predicted molar refractivity (Wildman–Crippen MR) is 144 cm³/mol. The fourth-order valence-electron chi connectivity index (χ4n) is 6.11. The molecule has 1 spiro atoms. The average molecular weight is 542 g/mol. The van der Waals surface area contributed by atoms with Gasteiger partial charge in [0.25, 0.3) is 0 Å². The Bertz CT molecular complexity index is 1400. The van der Waals surface area contributed by atoms with Gasteiger partial charge >= 0.3 is 0 Å². The Morgan fingerprint density at radius 1 is 0.892 bits per heavy atom. The molecule has 3 heterocycles. The maximum Gasteiger partial charge on any atom is 0.243 e. The fourth-order valence-corrected chi connectivity index (χ4v) is 7.79. The zero-order chi connectivity index (χ0) is 25.7. The number of benzene rings is 3. The van der Waals surface area contributed by atoms with E-state index in [-0.39, 0.29) is 23.6 Å². The van der Waals surface area contributed by atoms with Gasteiger partial charge in [0.15, 0.2) is 5.72 Å². The molecule has 3 fully saturated rings. The van der Waals surface area contributed by atoms with E-state index >= 15 is 0 Å². The Labute approximate surface area is 223 Å². The first-order chi connectivity index (χ1) is 17.8. The van der Waals surface area contributed by atoms with E-state index in [0.717, 1.165) is 49.8 Å². The Morgan fingerprint density at radius 2 is 1.62 bits per heavy atom. The van der Waals surface area contributed by atoms with Crippen LogP contribution >= 0.6 is 11.6 Å². The van der Waals surface area contributed by atoms with Gasteiger partial charge in [-0.3, -0.25) is 9.80 Å². The van der Waals surface area contributed by atoms with Crippen LogP contribution in [0.25, 0.3) is 10.8 Å². The van der Waals surface area contributed by atoms with Crippen molar-refractivity contribution in [2.24, 2.45) is 0 Å². The lowest BCUT2D eigenvalue weighted by molar-refractivity contribution is -0.188. The molecule has 0 aliphatic carbocycles. The number of fused-ring (bicyclic) bond motifs is 2. The first-order valence-electron chi connectivity index (χ1n) is 12.8. The third-order valence-electron chi connectivity index (χ3n) is 8.18. The first kappa shape index (κ1) is 25.2. The summed E-state index contributed by atoms with van der Waals surface area (Å²) in [5.74, 6) is 0. The highest BCUT2D eigenvalue weighted by molar-refractivity contribution is 7.89. The normalized spacial score (nSPS) is 25.0. The Kier molecular flexibility index (Phi) is 6.56. The molecule has 0 amide bonds. The van der Waals surface area contributed by atoms with Gasteiger partial charge in [0.1, 0.15) is 0 Å². The van der Waals surface area contributed by atoms with Crippen molar-refractivity contribution < 1.29 is 18.3 Å². The Balaban J connectivity index is 1.18. The van der Waals surface area contributed by atoms with Gasteiger partial charge in [-0.25, -0.2) is 8.42 Å². The number of hydrogen-bond acceptors (Lipinski definition) is 6. The number of hydrogen-bond donors (Lipinski definition) is 1. The highest BCUT2D eigenvalue weighted by Crippen LogP contribution is 2.43. The molecule has 0 radical (unpaired) electrons. The number of halogens is 1. The number of aliphatic hydroxyl groups is 1. The van der Waals surface area contributed by atoms with Gasteiger partial charge in [-0.2, -0.15) is 4.31 Å². The number of aliphatic hydroxyl groups excluding tert-OH is 1. The van der Waals surface area contributed by atoms with Crippen LogP contribution in [0.3, 0.4) is 0 Å². The molecule has 0 aromatic heterocycles. The van der Waals surface area contributed by atoms with Crippen molar-refractivity contribution in [2.75, 3.05) is 45.9 Å². The second-order valence-electron chi connectivity index (χ2n) is 10.6. The lowest BCUT2D eigenvalue weighted by Crippen LogP contribution is -2.62. The van der Waals surface area contributed by atoms with Gasteiger partial charge in [0.2, 0.25) is 10.0 Å². The van der Waals surface area contributed by atoms with Crippen LogP contribution in [0.2, 0.25) is 5.02 Å². The smallest absolute Gasteiger partial charge is 0.243 e. The molecule has 1 N–H and O–H groups in total. The van der Waals surface area contributed by atoms with Crippen LogP contribution in [0.5, 0.6) is 0 Å². The summed E-state index contributed by atoms with van der Waals surface area (Å²) in [7, 11) is -3.76. The second kappa shape index (κ2) is 9.61. The third kappa shape index (κ3) is 4.69. The minimum atomic E-state index is -3.76. The minimum Gasteiger partial charge on any atom is -0.392 e. The van der Waals surface area contributed by atoms with Crippen molar-refractivity contribution in [3.63, 3.8) is 0 Å². The number of sulfonamides is 1. The van der Waals surface area contributed by atoms with E-state index in [1.165, 1.54) is 9.87 Å². The Hall–Kier alpha value is -2.04. The summed E-state index contributed by atoms with van der Waals surface area (Å²) in [6.45, 7) is 4.21. The van der Waals surface area contributed by atoms with Crippen LogP contribution in [0, 0.1) is 0 Å². The molecule has 7 nitrogen and oxygen atoms in total. The second-order valence-corrected chi connectivity index (χ2v) is 12.9. The molecule has 3 saturated heterocycles. The quantitative estimate of drug-likeness (QED) is 0.532. The van der Waals surface area contributed by atoms with Crippen molar-refractivity contribution in [3.8, 4) is 0 Å². The summed E-state index contributed by atoms with van der Waals surface area (Å²) >= 11 is 6.09. The van der Waals surface area contributed by atoms with E-state index < -0.39 is 15.7 Å². The summed E-state index contributed by atoms with van der Waals surface area (Å²) in [6.07, 6.45) is 1.72. The van der Waals surface area contributed by atoms with Gasteiger partial charge in [-0.05, 0) is 53.4 Å². The van der Waals surface area contributed by atoms with E-state index in [1.54, 1.807) is 24.3 Å². The first-order valence-corrected chi connectivity index (χ1v) is 14.6. The van der Waals surface area contributed by atoms with Crippen molar-refractivity contribution in [1.82, 2.24) is 14.1 Å². The van der Waals surface area contributed by atoms with Crippen LogP contribution in [-0.2, 0) is 21.3 Å². The topological polar surface area (TPSA) is 73.3 Å².